The number of hydrogen-bond donors (Lipinski definition) is 2. The summed E-state index contributed by atoms with van der Waals surface area (Å²) in [5.41, 5.74) is 10.9. The van der Waals surface area contributed by atoms with Gasteiger partial charge in [0.15, 0.2) is 6.04 Å². The highest BCUT2D eigenvalue weighted by molar-refractivity contribution is 6.80. The van der Waals surface area contributed by atoms with E-state index < -0.39 is 8.07 Å². The number of carbonyl (C=O) groups excluding carboxylic acids is 1. The van der Waals surface area contributed by atoms with E-state index in [1.165, 1.54) is 0 Å². The van der Waals surface area contributed by atoms with Crippen molar-refractivity contribution < 1.29 is 22.9 Å². The molecule has 0 fully saturated rings. The predicted molar refractivity (Wildman–Crippen MR) is 53.0 cm³/mol. The van der Waals surface area contributed by atoms with Crippen molar-refractivity contribution in [3.8, 4) is 0 Å². The van der Waals surface area contributed by atoms with Crippen LogP contribution < -0.4 is 23.9 Å². The van der Waals surface area contributed by atoms with Crippen molar-refractivity contribution >= 4 is 14.0 Å². The lowest BCUT2D eigenvalue weighted by Crippen LogP contribution is -3.00. The van der Waals surface area contributed by atoms with Gasteiger partial charge in [0.1, 0.15) is 0 Å². The normalized spacial score (nSPS) is 13.8. The molecule has 0 saturated heterocycles. The average Bonchev–Trinajstić information content (AvgIpc) is 1.84. The van der Waals surface area contributed by atoms with Crippen LogP contribution >= 0.6 is 0 Å². The highest BCUT2D eigenvalue weighted by Crippen LogP contribution is 2.02. The van der Waals surface area contributed by atoms with Crippen LogP contribution in [-0.4, -0.2) is 20.0 Å². The fourth-order valence-corrected chi connectivity index (χ4v) is 1.55. The van der Waals surface area contributed by atoms with Crippen molar-refractivity contribution in [2.75, 3.05) is 0 Å². The Morgan fingerprint density at radius 1 is 1.54 bits per heavy atom. The standard InChI is InChI=1S/C8H18N2OSi.ClH/c1-12(2,3)6-4-5-7(9)8(10)11;/h4,6-7H,5,9H2,1-3H3,(H2,10,11);1H/b6-4-;/t7-;/m1./s1. The molecule has 0 aromatic rings. The molecule has 0 unspecified atom stereocenters. The van der Waals surface area contributed by atoms with Gasteiger partial charge in [0.25, 0.3) is 5.91 Å². The molecule has 78 valence electrons. The second-order valence-electron chi connectivity index (χ2n) is 4.10. The molecule has 1 atom stereocenters. The van der Waals surface area contributed by atoms with Crippen LogP contribution in [0.3, 0.4) is 0 Å². The SMILES string of the molecule is C[Si](C)(C)/C=C\C[C@@H]([NH3+])C(N)=O.[Cl-]. The number of rotatable bonds is 4. The summed E-state index contributed by atoms with van der Waals surface area (Å²) in [6.07, 6.45) is 2.69. The molecule has 0 heterocycles. The van der Waals surface area contributed by atoms with Gasteiger partial charge in [0.05, 0.1) is 8.07 Å². The van der Waals surface area contributed by atoms with Crippen LogP contribution in [0.4, 0.5) is 0 Å². The molecular weight excluding hydrogens is 204 g/mol. The Balaban J connectivity index is 0. The number of quaternary nitrogens is 1. The number of halogens is 1. The number of primary amides is 1. The minimum absolute atomic E-state index is 0. The van der Waals surface area contributed by atoms with Gasteiger partial charge < -0.3 is 23.9 Å². The highest BCUT2D eigenvalue weighted by Gasteiger charge is 2.12. The third-order valence-corrected chi connectivity index (χ3v) is 2.68. The molecular formula is C8H19ClN2OSi. The van der Waals surface area contributed by atoms with E-state index in [9.17, 15) is 4.79 Å². The van der Waals surface area contributed by atoms with Crippen LogP contribution in [-0.2, 0) is 4.79 Å². The maximum Gasteiger partial charge on any atom is 0.275 e. The summed E-state index contributed by atoms with van der Waals surface area (Å²) in [6, 6.07) is -0.280. The molecule has 0 aliphatic heterocycles. The van der Waals surface area contributed by atoms with Crippen molar-refractivity contribution in [2.45, 2.75) is 32.1 Å². The molecule has 5 heteroatoms. The van der Waals surface area contributed by atoms with Gasteiger partial charge in [0.2, 0.25) is 0 Å². The van der Waals surface area contributed by atoms with Gasteiger partial charge in [-0.3, -0.25) is 4.79 Å². The van der Waals surface area contributed by atoms with E-state index in [0.717, 1.165) is 0 Å². The van der Waals surface area contributed by atoms with Gasteiger partial charge in [-0.25, -0.2) is 0 Å². The Hall–Kier alpha value is -0.323. The minimum atomic E-state index is -1.12. The summed E-state index contributed by atoms with van der Waals surface area (Å²) in [7, 11) is -1.12. The van der Waals surface area contributed by atoms with Gasteiger partial charge in [-0.05, 0) is 0 Å². The summed E-state index contributed by atoms with van der Waals surface area (Å²) in [4.78, 5) is 10.6. The molecule has 0 aromatic carbocycles. The fourth-order valence-electron chi connectivity index (χ4n) is 0.702. The zero-order chi connectivity index (χ0) is 9.78. The monoisotopic (exact) mass is 222 g/mol. The maximum atomic E-state index is 10.6. The molecule has 5 N–H and O–H groups in total. The summed E-state index contributed by atoms with van der Waals surface area (Å²) in [5.74, 6) is -0.324. The summed E-state index contributed by atoms with van der Waals surface area (Å²) in [6.45, 7) is 6.73. The van der Waals surface area contributed by atoms with Gasteiger partial charge in [-0.15, -0.1) is 0 Å². The Labute approximate surface area is 87.0 Å². The molecule has 13 heavy (non-hydrogen) atoms. The zero-order valence-corrected chi connectivity index (χ0v) is 10.3. The molecule has 0 bridgehead atoms. The third-order valence-electron chi connectivity index (χ3n) is 1.44. The molecule has 0 rings (SSSR count). The average molecular weight is 223 g/mol. The smallest absolute Gasteiger partial charge is 0.275 e. The van der Waals surface area contributed by atoms with E-state index >= 15 is 0 Å². The van der Waals surface area contributed by atoms with Crippen molar-refractivity contribution in [3.05, 3.63) is 11.8 Å². The Kier molecular flexibility index (Phi) is 7.21. The minimum Gasteiger partial charge on any atom is -1.00 e. The largest absolute Gasteiger partial charge is 1.00 e. The van der Waals surface area contributed by atoms with Gasteiger partial charge in [-0.2, -0.15) is 0 Å². The van der Waals surface area contributed by atoms with Crippen molar-refractivity contribution in [2.24, 2.45) is 5.73 Å². The Bertz CT molecular complexity index is 189. The fraction of sp³-hybridized carbons (Fsp3) is 0.625. The lowest BCUT2D eigenvalue weighted by molar-refractivity contribution is -0.401. The molecule has 0 spiro atoms. The van der Waals surface area contributed by atoms with Gasteiger partial charge in [0, 0.05) is 6.42 Å². The van der Waals surface area contributed by atoms with Crippen LogP contribution in [0.15, 0.2) is 11.8 Å². The first-order chi connectivity index (χ1) is 5.33. The van der Waals surface area contributed by atoms with Crippen molar-refractivity contribution in [3.63, 3.8) is 0 Å². The maximum absolute atomic E-state index is 10.6. The van der Waals surface area contributed by atoms with Crippen LogP contribution in [0.2, 0.25) is 19.6 Å². The van der Waals surface area contributed by atoms with E-state index in [0.29, 0.717) is 6.42 Å². The lowest BCUT2D eigenvalue weighted by Gasteiger charge is -2.08. The summed E-state index contributed by atoms with van der Waals surface area (Å²) >= 11 is 0. The van der Waals surface area contributed by atoms with Crippen LogP contribution in [0.25, 0.3) is 0 Å². The van der Waals surface area contributed by atoms with Gasteiger partial charge in [-0.1, -0.05) is 31.4 Å². The van der Waals surface area contributed by atoms with E-state index in [1.54, 1.807) is 0 Å². The summed E-state index contributed by atoms with van der Waals surface area (Å²) in [5, 5.41) is 0. The lowest BCUT2D eigenvalue weighted by atomic mass is 10.2. The Morgan fingerprint density at radius 2 is 2.00 bits per heavy atom. The van der Waals surface area contributed by atoms with Crippen LogP contribution in [0.1, 0.15) is 6.42 Å². The molecule has 0 aliphatic rings. The first-order valence-corrected chi connectivity index (χ1v) is 7.71. The predicted octanol–water partition coefficient (Wildman–Crippen LogP) is -3.09. The number of amides is 1. The third kappa shape index (κ3) is 9.59. The number of hydrogen-bond acceptors (Lipinski definition) is 1. The summed E-state index contributed by atoms with van der Waals surface area (Å²) < 4.78 is 0. The van der Waals surface area contributed by atoms with Crippen molar-refractivity contribution in [1.82, 2.24) is 0 Å². The molecule has 1 amide bonds. The highest BCUT2D eigenvalue weighted by atomic mass is 35.5. The molecule has 3 nitrogen and oxygen atoms in total. The van der Waals surface area contributed by atoms with E-state index in [4.69, 9.17) is 5.73 Å². The first-order valence-electron chi connectivity index (χ1n) is 4.13. The quantitative estimate of drug-likeness (QED) is 0.487. The second kappa shape index (κ2) is 6.18. The molecule has 0 aliphatic carbocycles. The van der Waals surface area contributed by atoms with Crippen molar-refractivity contribution in [1.29, 1.82) is 0 Å². The van der Waals surface area contributed by atoms with E-state index in [1.807, 2.05) is 6.08 Å². The van der Waals surface area contributed by atoms with Crippen LogP contribution in [0.5, 0.6) is 0 Å². The molecule has 0 saturated carbocycles. The second-order valence-corrected chi connectivity index (χ2v) is 9.17. The first kappa shape index (κ1) is 15.2. The topological polar surface area (TPSA) is 70.7 Å². The number of carbonyl (C=O) groups is 1. The molecule has 0 radical (unpaired) electrons. The molecule has 0 aromatic heterocycles. The van der Waals surface area contributed by atoms with Gasteiger partial charge >= 0.3 is 0 Å². The van der Waals surface area contributed by atoms with E-state index in [2.05, 4.69) is 31.1 Å². The zero-order valence-electron chi connectivity index (χ0n) is 8.51. The van der Waals surface area contributed by atoms with Crippen LogP contribution in [0, 0.1) is 0 Å². The van der Waals surface area contributed by atoms with E-state index in [-0.39, 0.29) is 24.4 Å². The Morgan fingerprint density at radius 3 is 2.31 bits per heavy atom. The number of nitrogens with two attached hydrogens (primary N) is 1.